The van der Waals surface area contributed by atoms with E-state index in [9.17, 15) is 4.79 Å². The Labute approximate surface area is 62.2 Å². The molecule has 0 saturated heterocycles. The van der Waals surface area contributed by atoms with E-state index in [1.165, 1.54) is 0 Å². The van der Waals surface area contributed by atoms with Crippen LogP contribution in [0.4, 0.5) is 0 Å². The lowest BCUT2D eigenvalue weighted by Crippen LogP contribution is -2.28. The van der Waals surface area contributed by atoms with Crippen LogP contribution in [-0.2, 0) is 4.79 Å². The molecule has 0 bridgehead atoms. The smallest absolute Gasteiger partial charge is 0.136 e. The molecule has 0 fully saturated rings. The fraction of sp³-hybridized carbons (Fsp3) is 0.857. The molecule has 0 aliphatic rings. The molecule has 0 aromatic rings. The van der Waals surface area contributed by atoms with Crippen molar-refractivity contribution in [1.29, 1.82) is 0 Å². The molecule has 0 aromatic carbocycles. The summed E-state index contributed by atoms with van der Waals surface area (Å²) in [4.78, 5) is 9.98. The lowest BCUT2D eigenvalue weighted by Gasteiger charge is -2.09. The third-order valence-corrected chi connectivity index (χ3v) is 1.46. The predicted octanol–water partition coefficient (Wildman–Crippen LogP) is 0.167. The summed E-state index contributed by atoms with van der Waals surface area (Å²) in [6, 6.07) is -0.264. The third-order valence-electron chi connectivity index (χ3n) is 1.46. The second-order valence-corrected chi connectivity index (χ2v) is 2.10. The Morgan fingerprint density at radius 3 is 2.10 bits per heavy atom. The number of aliphatic hydroxyl groups is 1. The van der Waals surface area contributed by atoms with E-state index in [1.807, 2.05) is 13.8 Å². The van der Waals surface area contributed by atoms with Gasteiger partial charge in [0.1, 0.15) is 6.29 Å². The number of carbonyl (C=O) groups is 1. The Morgan fingerprint density at radius 2 is 2.00 bits per heavy atom. The van der Waals surface area contributed by atoms with Crippen molar-refractivity contribution < 1.29 is 9.90 Å². The van der Waals surface area contributed by atoms with Gasteiger partial charge in [-0.2, -0.15) is 0 Å². The van der Waals surface area contributed by atoms with E-state index >= 15 is 0 Å². The van der Waals surface area contributed by atoms with E-state index in [1.54, 1.807) is 0 Å². The molecule has 0 heterocycles. The van der Waals surface area contributed by atoms with Crippen molar-refractivity contribution in [3.8, 4) is 0 Å². The van der Waals surface area contributed by atoms with Crippen molar-refractivity contribution in [3.63, 3.8) is 0 Å². The van der Waals surface area contributed by atoms with Crippen molar-refractivity contribution in [2.24, 2.45) is 11.7 Å². The van der Waals surface area contributed by atoms with E-state index in [-0.39, 0.29) is 6.04 Å². The summed E-state index contributed by atoms with van der Waals surface area (Å²) in [7, 11) is 1.00. The molecule has 2 atom stereocenters. The first-order valence-electron chi connectivity index (χ1n) is 3.38. The number of hydrogen-bond acceptors (Lipinski definition) is 3. The van der Waals surface area contributed by atoms with Gasteiger partial charge in [0.25, 0.3) is 0 Å². The molecule has 10 heavy (non-hydrogen) atoms. The van der Waals surface area contributed by atoms with Crippen LogP contribution in [0.1, 0.15) is 20.3 Å². The molecule has 3 heteroatoms. The van der Waals surface area contributed by atoms with E-state index < -0.39 is 0 Å². The van der Waals surface area contributed by atoms with Gasteiger partial charge >= 0.3 is 0 Å². The highest BCUT2D eigenvalue weighted by molar-refractivity contribution is 5.57. The maximum atomic E-state index is 9.98. The minimum Gasteiger partial charge on any atom is -0.400 e. The molecule has 0 rings (SSSR count). The molecule has 0 amide bonds. The second-order valence-electron chi connectivity index (χ2n) is 2.10. The van der Waals surface area contributed by atoms with Gasteiger partial charge in [0.2, 0.25) is 0 Å². The second kappa shape index (κ2) is 8.59. The van der Waals surface area contributed by atoms with E-state index in [2.05, 4.69) is 0 Å². The van der Waals surface area contributed by atoms with Gasteiger partial charge < -0.3 is 15.6 Å². The summed E-state index contributed by atoms with van der Waals surface area (Å²) in [6.07, 6.45) is 1.77. The quantitative estimate of drug-likeness (QED) is 0.559. The summed E-state index contributed by atoms with van der Waals surface area (Å²) < 4.78 is 0. The van der Waals surface area contributed by atoms with Crippen molar-refractivity contribution >= 4 is 6.29 Å². The lowest BCUT2D eigenvalue weighted by atomic mass is 10.0. The Morgan fingerprint density at radius 1 is 1.60 bits per heavy atom. The Balaban J connectivity index is 0. The minimum atomic E-state index is -0.264. The normalized spacial score (nSPS) is 14.5. The molecule has 0 aromatic heterocycles. The largest absolute Gasteiger partial charge is 0.400 e. The molecule has 62 valence electrons. The van der Waals surface area contributed by atoms with Crippen molar-refractivity contribution in [2.45, 2.75) is 26.3 Å². The van der Waals surface area contributed by atoms with Crippen molar-refractivity contribution in [1.82, 2.24) is 0 Å². The van der Waals surface area contributed by atoms with Gasteiger partial charge in [-0.1, -0.05) is 20.3 Å². The first-order valence-corrected chi connectivity index (χ1v) is 3.38. The summed E-state index contributed by atoms with van der Waals surface area (Å²) in [5.41, 5.74) is 5.36. The molecule has 0 spiro atoms. The number of hydrogen-bond donors (Lipinski definition) is 2. The van der Waals surface area contributed by atoms with Crippen LogP contribution < -0.4 is 5.73 Å². The number of nitrogens with two attached hydrogens (primary N) is 1. The average molecular weight is 147 g/mol. The zero-order valence-corrected chi connectivity index (χ0v) is 6.87. The van der Waals surface area contributed by atoms with Gasteiger partial charge in [0, 0.05) is 7.11 Å². The maximum absolute atomic E-state index is 9.98. The summed E-state index contributed by atoms with van der Waals surface area (Å²) in [6.45, 7) is 3.99. The first-order chi connectivity index (χ1) is 4.72. The van der Waals surface area contributed by atoms with E-state index in [0.717, 1.165) is 19.8 Å². The van der Waals surface area contributed by atoms with Gasteiger partial charge in [-0.15, -0.1) is 0 Å². The zero-order valence-electron chi connectivity index (χ0n) is 6.87. The van der Waals surface area contributed by atoms with Crippen LogP contribution in [0.5, 0.6) is 0 Å². The van der Waals surface area contributed by atoms with Crippen LogP contribution in [0.3, 0.4) is 0 Å². The number of aliphatic hydroxyl groups excluding tert-OH is 1. The standard InChI is InChI=1S/C6H13NO.CH4O/c1-3-5(2)6(7)4-8;1-2/h4-6H,3,7H2,1-2H3;2H,1H3. The minimum absolute atomic E-state index is 0.264. The van der Waals surface area contributed by atoms with Crippen LogP contribution in [0, 0.1) is 5.92 Å². The van der Waals surface area contributed by atoms with Gasteiger partial charge in [0.15, 0.2) is 0 Å². The van der Waals surface area contributed by atoms with Gasteiger partial charge in [-0.25, -0.2) is 0 Å². The molecular formula is C7H17NO2. The molecule has 0 radical (unpaired) electrons. The highest BCUT2D eigenvalue weighted by atomic mass is 16.2. The summed E-state index contributed by atoms with van der Waals surface area (Å²) in [5.74, 6) is 0.326. The topological polar surface area (TPSA) is 63.3 Å². The van der Waals surface area contributed by atoms with E-state index in [0.29, 0.717) is 5.92 Å². The van der Waals surface area contributed by atoms with Crippen molar-refractivity contribution in [2.75, 3.05) is 7.11 Å². The van der Waals surface area contributed by atoms with Crippen molar-refractivity contribution in [3.05, 3.63) is 0 Å². The highest BCUT2D eigenvalue weighted by Crippen LogP contribution is 2.01. The van der Waals surface area contributed by atoms with Crippen LogP contribution in [0.2, 0.25) is 0 Å². The summed E-state index contributed by atoms with van der Waals surface area (Å²) in [5, 5.41) is 7.00. The summed E-state index contributed by atoms with van der Waals surface area (Å²) >= 11 is 0. The molecular weight excluding hydrogens is 130 g/mol. The molecule has 0 aliphatic carbocycles. The lowest BCUT2D eigenvalue weighted by molar-refractivity contribution is -0.109. The maximum Gasteiger partial charge on any atom is 0.136 e. The fourth-order valence-electron chi connectivity index (χ4n) is 0.406. The van der Waals surface area contributed by atoms with Crippen LogP contribution in [0.15, 0.2) is 0 Å². The SMILES string of the molecule is CCC(C)C(N)C=O.CO. The van der Waals surface area contributed by atoms with Crippen LogP contribution in [0.25, 0.3) is 0 Å². The van der Waals surface area contributed by atoms with Crippen LogP contribution in [-0.4, -0.2) is 24.5 Å². The number of rotatable bonds is 3. The average Bonchev–Trinajstić information content (AvgIpc) is 2.05. The third kappa shape index (κ3) is 5.72. The molecule has 3 N–H and O–H groups in total. The molecule has 0 saturated carbocycles. The molecule has 0 aliphatic heterocycles. The Bertz CT molecular complexity index is 76.0. The van der Waals surface area contributed by atoms with Crippen LogP contribution >= 0.6 is 0 Å². The number of carbonyl (C=O) groups excluding carboxylic acids is 1. The first kappa shape index (κ1) is 12.3. The number of aldehydes is 1. The van der Waals surface area contributed by atoms with Gasteiger partial charge in [0.05, 0.1) is 6.04 Å². The highest BCUT2D eigenvalue weighted by Gasteiger charge is 2.07. The monoisotopic (exact) mass is 147 g/mol. The van der Waals surface area contributed by atoms with E-state index in [4.69, 9.17) is 10.8 Å². The molecule has 3 nitrogen and oxygen atoms in total. The Kier molecular flexibility index (Phi) is 10.6. The predicted molar refractivity (Wildman–Crippen MR) is 41.6 cm³/mol. The van der Waals surface area contributed by atoms with Gasteiger partial charge in [-0.05, 0) is 5.92 Å². The molecule has 2 unspecified atom stereocenters. The zero-order chi connectivity index (χ0) is 8.57. The van der Waals surface area contributed by atoms with Gasteiger partial charge in [-0.3, -0.25) is 0 Å². The fourth-order valence-corrected chi connectivity index (χ4v) is 0.406. The Hall–Kier alpha value is -0.410.